The van der Waals surface area contributed by atoms with Crippen molar-refractivity contribution in [2.24, 2.45) is 0 Å². The van der Waals surface area contributed by atoms with Crippen LogP contribution in [0.2, 0.25) is 0 Å². The van der Waals surface area contributed by atoms with Gasteiger partial charge >= 0.3 is 12.1 Å². The number of alkyl carbamates (subject to hydrolysis) is 1. The summed E-state index contributed by atoms with van der Waals surface area (Å²) in [4.78, 5) is 21.6. The first-order valence-electron chi connectivity index (χ1n) is 4.93. The number of aliphatic carboxylic acids is 1. The Bertz CT molecular complexity index is 236. The summed E-state index contributed by atoms with van der Waals surface area (Å²) in [6.07, 6.45) is -0.300. The van der Waals surface area contributed by atoms with E-state index in [1.54, 1.807) is 27.7 Å². The van der Waals surface area contributed by atoms with E-state index in [-0.39, 0.29) is 12.5 Å². The summed E-state index contributed by atoms with van der Waals surface area (Å²) >= 11 is 0. The molecule has 0 aromatic heterocycles. The van der Waals surface area contributed by atoms with Gasteiger partial charge in [0.1, 0.15) is 0 Å². The summed E-state index contributed by atoms with van der Waals surface area (Å²) in [5, 5.41) is 11.1. The second-order valence-corrected chi connectivity index (χ2v) is 4.36. The third kappa shape index (κ3) is 7.78. The number of nitrogens with one attached hydrogen (secondary N) is 1. The molecule has 0 spiro atoms. The normalized spacial score (nSPS) is 11.3. The lowest BCUT2D eigenvalue weighted by Crippen LogP contribution is -2.44. The molecule has 5 nitrogen and oxygen atoms in total. The Labute approximate surface area is 89.8 Å². The molecule has 0 bridgehead atoms. The van der Waals surface area contributed by atoms with Crippen molar-refractivity contribution in [1.29, 1.82) is 0 Å². The quantitative estimate of drug-likeness (QED) is 0.735. The number of ether oxygens (including phenoxy) is 1. The average molecular weight is 217 g/mol. The summed E-state index contributed by atoms with van der Waals surface area (Å²) < 4.78 is 4.90. The van der Waals surface area contributed by atoms with Crippen LogP contribution >= 0.6 is 0 Å². The first-order chi connectivity index (χ1) is 6.73. The first-order valence-corrected chi connectivity index (χ1v) is 4.93. The average Bonchev–Trinajstić information content (AvgIpc) is 1.98. The van der Waals surface area contributed by atoms with Gasteiger partial charge in [0, 0.05) is 12.0 Å². The maximum Gasteiger partial charge on any atom is 0.407 e. The molecule has 0 radical (unpaired) electrons. The van der Waals surface area contributed by atoms with E-state index < -0.39 is 17.6 Å². The van der Waals surface area contributed by atoms with Crippen LogP contribution in [0.25, 0.3) is 0 Å². The summed E-state index contributed by atoms with van der Waals surface area (Å²) in [5.41, 5.74) is -0.565. The van der Waals surface area contributed by atoms with Crippen molar-refractivity contribution >= 4 is 12.1 Å². The van der Waals surface area contributed by atoms with E-state index in [0.717, 1.165) is 0 Å². The summed E-state index contributed by atoms with van der Waals surface area (Å²) in [6, 6.07) is 0. The molecule has 0 aliphatic rings. The van der Waals surface area contributed by atoms with Crippen LogP contribution in [0.5, 0.6) is 0 Å². The number of hydrogen-bond acceptors (Lipinski definition) is 3. The molecule has 5 heteroatoms. The highest BCUT2D eigenvalue weighted by Gasteiger charge is 2.22. The molecule has 0 saturated heterocycles. The maximum atomic E-state index is 11.2. The summed E-state index contributed by atoms with van der Waals surface area (Å²) in [5.74, 6) is -0.873. The van der Waals surface area contributed by atoms with Crippen LogP contribution in [0.4, 0.5) is 4.79 Å². The molecule has 0 unspecified atom stereocenters. The number of carbonyl (C=O) groups excluding carboxylic acids is 1. The number of carboxylic acids is 1. The Kier molecular flexibility index (Phi) is 5.11. The third-order valence-corrected chi connectivity index (χ3v) is 1.75. The van der Waals surface area contributed by atoms with E-state index in [1.807, 2.05) is 0 Å². The first kappa shape index (κ1) is 13.7. The molecule has 0 fully saturated rings. The molecule has 2 N–H and O–H groups in total. The van der Waals surface area contributed by atoms with Gasteiger partial charge in [0.05, 0.1) is 6.10 Å². The summed E-state index contributed by atoms with van der Waals surface area (Å²) in [6.45, 7) is 7.03. The zero-order valence-corrected chi connectivity index (χ0v) is 9.66. The molecule has 15 heavy (non-hydrogen) atoms. The minimum atomic E-state index is -0.873. The fourth-order valence-corrected chi connectivity index (χ4v) is 1.00. The van der Waals surface area contributed by atoms with Crippen molar-refractivity contribution in [3.63, 3.8) is 0 Å². The SMILES string of the molecule is CC(C)OC(=O)NC(C)(C)CCC(=O)O. The van der Waals surface area contributed by atoms with Crippen molar-refractivity contribution in [1.82, 2.24) is 5.32 Å². The lowest BCUT2D eigenvalue weighted by molar-refractivity contribution is -0.137. The van der Waals surface area contributed by atoms with E-state index >= 15 is 0 Å². The van der Waals surface area contributed by atoms with Crippen LogP contribution in [-0.2, 0) is 9.53 Å². The minimum Gasteiger partial charge on any atom is -0.481 e. The van der Waals surface area contributed by atoms with Gasteiger partial charge in [-0.05, 0) is 34.1 Å². The van der Waals surface area contributed by atoms with Crippen LogP contribution in [0.15, 0.2) is 0 Å². The monoisotopic (exact) mass is 217 g/mol. The van der Waals surface area contributed by atoms with E-state index in [0.29, 0.717) is 6.42 Å². The Morgan fingerprint density at radius 3 is 2.33 bits per heavy atom. The van der Waals surface area contributed by atoms with Gasteiger partial charge in [-0.3, -0.25) is 4.79 Å². The Hall–Kier alpha value is -1.26. The van der Waals surface area contributed by atoms with E-state index in [4.69, 9.17) is 9.84 Å². The number of amides is 1. The molecule has 0 aromatic carbocycles. The lowest BCUT2D eigenvalue weighted by Gasteiger charge is -2.25. The van der Waals surface area contributed by atoms with Gasteiger partial charge in [-0.25, -0.2) is 4.79 Å². The van der Waals surface area contributed by atoms with Crippen molar-refractivity contribution in [3.8, 4) is 0 Å². The number of carboxylic acid groups (broad SMARTS) is 1. The van der Waals surface area contributed by atoms with Gasteiger partial charge in [-0.15, -0.1) is 0 Å². The van der Waals surface area contributed by atoms with Crippen LogP contribution < -0.4 is 5.32 Å². The zero-order valence-electron chi connectivity index (χ0n) is 9.66. The van der Waals surface area contributed by atoms with Crippen molar-refractivity contribution in [2.45, 2.75) is 52.2 Å². The van der Waals surface area contributed by atoms with E-state index in [1.165, 1.54) is 0 Å². The standard InChI is InChI=1S/C10H19NO4/c1-7(2)15-9(14)11-10(3,4)6-5-8(12)13/h7H,5-6H2,1-4H3,(H,11,14)(H,12,13). The van der Waals surface area contributed by atoms with Gasteiger partial charge in [-0.1, -0.05) is 0 Å². The predicted octanol–water partition coefficient (Wildman–Crippen LogP) is 1.76. The maximum absolute atomic E-state index is 11.2. The molecule has 0 saturated carbocycles. The fourth-order valence-electron chi connectivity index (χ4n) is 1.00. The molecule has 0 atom stereocenters. The van der Waals surface area contributed by atoms with Gasteiger partial charge in [0.2, 0.25) is 0 Å². The van der Waals surface area contributed by atoms with Crippen LogP contribution in [0.3, 0.4) is 0 Å². The minimum absolute atomic E-state index is 0.0228. The van der Waals surface area contributed by atoms with E-state index in [9.17, 15) is 9.59 Å². The van der Waals surface area contributed by atoms with Crippen molar-refractivity contribution in [2.75, 3.05) is 0 Å². The Morgan fingerprint density at radius 2 is 1.93 bits per heavy atom. The number of rotatable bonds is 5. The molecule has 0 aromatic rings. The van der Waals surface area contributed by atoms with Crippen LogP contribution in [-0.4, -0.2) is 28.8 Å². The third-order valence-electron chi connectivity index (χ3n) is 1.75. The topological polar surface area (TPSA) is 75.6 Å². The highest BCUT2D eigenvalue weighted by atomic mass is 16.6. The molecule has 0 heterocycles. The Morgan fingerprint density at radius 1 is 1.40 bits per heavy atom. The molecular weight excluding hydrogens is 198 g/mol. The van der Waals surface area contributed by atoms with Crippen LogP contribution in [0, 0.1) is 0 Å². The number of hydrogen-bond donors (Lipinski definition) is 2. The van der Waals surface area contributed by atoms with Gasteiger partial charge in [0.15, 0.2) is 0 Å². The molecular formula is C10H19NO4. The summed E-state index contributed by atoms with van der Waals surface area (Å²) in [7, 11) is 0. The van der Waals surface area contributed by atoms with E-state index in [2.05, 4.69) is 5.32 Å². The molecule has 0 aliphatic carbocycles. The van der Waals surface area contributed by atoms with Crippen LogP contribution in [0.1, 0.15) is 40.5 Å². The Balaban J connectivity index is 4.01. The smallest absolute Gasteiger partial charge is 0.407 e. The largest absolute Gasteiger partial charge is 0.481 e. The van der Waals surface area contributed by atoms with Gasteiger partial charge in [0.25, 0.3) is 0 Å². The second kappa shape index (κ2) is 5.58. The lowest BCUT2D eigenvalue weighted by atomic mass is 9.99. The number of carbonyl (C=O) groups is 2. The molecule has 0 aliphatic heterocycles. The van der Waals surface area contributed by atoms with Crippen molar-refractivity contribution < 1.29 is 19.4 Å². The second-order valence-electron chi connectivity index (χ2n) is 4.36. The zero-order chi connectivity index (χ0) is 12.1. The highest BCUT2D eigenvalue weighted by molar-refractivity contribution is 5.69. The van der Waals surface area contributed by atoms with Gasteiger partial charge < -0.3 is 15.2 Å². The molecule has 1 amide bonds. The molecule has 88 valence electrons. The van der Waals surface area contributed by atoms with Gasteiger partial charge in [-0.2, -0.15) is 0 Å². The highest BCUT2D eigenvalue weighted by Crippen LogP contribution is 2.11. The van der Waals surface area contributed by atoms with Crippen molar-refractivity contribution in [3.05, 3.63) is 0 Å². The fraction of sp³-hybridized carbons (Fsp3) is 0.800. The molecule has 0 rings (SSSR count). The predicted molar refractivity (Wildman–Crippen MR) is 55.7 cm³/mol.